The minimum atomic E-state index is -0.196. The first-order chi connectivity index (χ1) is 14.6. The second-order valence-corrected chi connectivity index (χ2v) is 7.61. The second kappa shape index (κ2) is 10.7. The van der Waals surface area contributed by atoms with Gasteiger partial charge in [-0.2, -0.15) is 0 Å². The van der Waals surface area contributed by atoms with Gasteiger partial charge in [0, 0.05) is 25.2 Å². The smallest absolute Gasteiger partial charge is 0.321 e. The zero-order valence-corrected chi connectivity index (χ0v) is 17.8. The molecule has 2 aromatic carbocycles. The molecule has 0 bridgehead atoms. The van der Waals surface area contributed by atoms with Gasteiger partial charge in [-0.1, -0.05) is 31.2 Å². The zero-order chi connectivity index (χ0) is 21.3. The molecule has 0 fully saturated rings. The van der Waals surface area contributed by atoms with Gasteiger partial charge in [-0.25, -0.2) is 4.79 Å². The van der Waals surface area contributed by atoms with Crippen molar-refractivity contribution in [3.8, 4) is 5.75 Å². The number of aryl methyl sites for hydroxylation is 1. The number of carbonyl (C=O) groups excluding carboxylic acids is 2. The molecule has 1 aliphatic rings. The number of ether oxygens (including phenoxy) is 1. The van der Waals surface area contributed by atoms with Crippen LogP contribution in [0.5, 0.6) is 5.75 Å². The average Bonchev–Trinajstić information content (AvgIpc) is 2.77. The SMILES string of the molecule is CCCN(CCC(=O)NC1CCCc2ccccc21)C(=O)Nc1ccc(OC)cc1. The van der Waals surface area contributed by atoms with E-state index in [1.807, 2.05) is 19.1 Å². The molecule has 1 aliphatic carbocycles. The molecule has 0 saturated heterocycles. The van der Waals surface area contributed by atoms with E-state index in [4.69, 9.17) is 4.74 Å². The first kappa shape index (κ1) is 21.7. The molecule has 0 heterocycles. The van der Waals surface area contributed by atoms with Gasteiger partial charge in [0.05, 0.1) is 13.2 Å². The van der Waals surface area contributed by atoms with Crippen molar-refractivity contribution in [1.29, 1.82) is 0 Å². The Hall–Kier alpha value is -3.02. The van der Waals surface area contributed by atoms with E-state index >= 15 is 0 Å². The fraction of sp³-hybridized carbons (Fsp3) is 0.417. The van der Waals surface area contributed by atoms with E-state index in [-0.39, 0.29) is 24.4 Å². The summed E-state index contributed by atoms with van der Waals surface area (Å²) in [7, 11) is 1.60. The quantitative estimate of drug-likeness (QED) is 0.673. The molecule has 6 heteroatoms. The lowest BCUT2D eigenvalue weighted by Crippen LogP contribution is -2.39. The molecule has 0 saturated carbocycles. The van der Waals surface area contributed by atoms with Crippen molar-refractivity contribution in [2.45, 2.75) is 45.1 Å². The van der Waals surface area contributed by atoms with E-state index in [2.05, 4.69) is 22.8 Å². The molecule has 0 radical (unpaired) electrons. The van der Waals surface area contributed by atoms with Gasteiger partial charge in [0.25, 0.3) is 0 Å². The van der Waals surface area contributed by atoms with Crippen molar-refractivity contribution >= 4 is 17.6 Å². The highest BCUT2D eigenvalue weighted by Gasteiger charge is 2.22. The first-order valence-corrected chi connectivity index (χ1v) is 10.7. The van der Waals surface area contributed by atoms with Crippen LogP contribution < -0.4 is 15.4 Å². The highest BCUT2D eigenvalue weighted by molar-refractivity contribution is 5.89. The number of urea groups is 1. The zero-order valence-electron chi connectivity index (χ0n) is 17.8. The van der Waals surface area contributed by atoms with E-state index in [1.165, 1.54) is 11.1 Å². The molecule has 3 rings (SSSR count). The third-order valence-electron chi connectivity index (χ3n) is 5.44. The van der Waals surface area contributed by atoms with Crippen LogP contribution in [0, 0.1) is 0 Å². The molecule has 0 aromatic heterocycles. The summed E-state index contributed by atoms with van der Waals surface area (Å²) < 4.78 is 5.14. The summed E-state index contributed by atoms with van der Waals surface area (Å²) in [5.74, 6) is 0.717. The minimum absolute atomic E-state index is 0.0185. The Balaban J connectivity index is 1.53. The van der Waals surface area contributed by atoms with Crippen LogP contribution in [0.1, 0.15) is 49.8 Å². The van der Waals surface area contributed by atoms with Gasteiger partial charge in [0.2, 0.25) is 5.91 Å². The van der Waals surface area contributed by atoms with Crippen LogP contribution in [0.2, 0.25) is 0 Å². The number of nitrogens with zero attached hydrogens (tertiary/aromatic N) is 1. The molecule has 2 aromatic rings. The molecule has 0 spiro atoms. The van der Waals surface area contributed by atoms with Gasteiger partial charge in [-0.15, -0.1) is 0 Å². The van der Waals surface area contributed by atoms with Crippen molar-refractivity contribution in [2.75, 3.05) is 25.5 Å². The predicted molar refractivity (Wildman–Crippen MR) is 119 cm³/mol. The van der Waals surface area contributed by atoms with E-state index in [9.17, 15) is 9.59 Å². The highest BCUT2D eigenvalue weighted by Crippen LogP contribution is 2.29. The van der Waals surface area contributed by atoms with Crippen LogP contribution in [0.3, 0.4) is 0 Å². The van der Waals surface area contributed by atoms with E-state index < -0.39 is 0 Å². The van der Waals surface area contributed by atoms with Gasteiger partial charge in [0.15, 0.2) is 0 Å². The van der Waals surface area contributed by atoms with Crippen LogP contribution in [0.4, 0.5) is 10.5 Å². The Morgan fingerprint density at radius 2 is 1.87 bits per heavy atom. The lowest BCUT2D eigenvalue weighted by molar-refractivity contribution is -0.122. The lowest BCUT2D eigenvalue weighted by Gasteiger charge is -2.27. The van der Waals surface area contributed by atoms with Crippen LogP contribution in [-0.2, 0) is 11.2 Å². The van der Waals surface area contributed by atoms with Crippen LogP contribution in [-0.4, -0.2) is 37.0 Å². The molecule has 6 nitrogen and oxygen atoms in total. The van der Waals surface area contributed by atoms with Crippen LogP contribution >= 0.6 is 0 Å². The maximum absolute atomic E-state index is 12.7. The van der Waals surface area contributed by atoms with Crippen molar-refractivity contribution in [1.82, 2.24) is 10.2 Å². The van der Waals surface area contributed by atoms with Gasteiger partial charge in [0.1, 0.15) is 5.75 Å². The van der Waals surface area contributed by atoms with Crippen molar-refractivity contribution in [3.05, 3.63) is 59.7 Å². The number of anilines is 1. The maximum atomic E-state index is 12.7. The second-order valence-electron chi connectivity index (χ2n) is 7.61. The van der Waals surface area contributed by atoms with Crippen molar-refractivity contribution in [2.24, 2.45) is 0 Å². The third-order valence-corrected chi connectivity index (χ3v) is 5.44. The largest absolute Gasteiger partial charge is 0.497 e. The number of hydrogen-bond donors (Lipinski definition) is 2. The molecular formula is C24H31N3O3. The van der Waals surface area contributed by atoms with Crippen molar-refractivity contribution in [3.63, 3.8) is 0 Å². The van der Waals surface area contributed by atoms with Gasteiger partial charge in [-0.05, 0) is 61.1 Å². The Morgan fingerprint density at radius 3 is 2.60 bits per heavy atom. The summed E-state index contributed by atoms with van der Waals surface area (Å²) in [6.07, 6.45) is 4.22. The van der Waals surface area contributed by atoms with E-state index in [0.717, 1.165) is 31.4 Å². The summed E-state index contributed by atoms with van der Waals surface area (Å²) in [6, 6.07) is 15.4. The van der Waals surface area contributed by atoms with E-state index in [0.29, 0.717) is 18.8 Å². The average molecular weight is 410 g/mol. The Morgan fingerprint density at radius 1 is 1.10 bits per heavy atom. The number of amides is 3. The molecule has 3 amide bonds. The summed E-state index contributed by atoms with van der Waals surface area (Å²) >= 11 is 0. The molecule has 30 heavy (non-hydrogen) atoms. The summed E-state index contributed by atoms with van der Waals surface area (Å²) in [5, 5.41) is 6.06. The molecular weight excluding hydrogens is 378 g/mol. The molecule has 1 atom stereocenters. The number of carbonyl (C=O) groups is 2. The lowest BCUT2D eigenvalue weighted by atomic mass is 9.87. The summed E-state index contributed by atoms with van der Waals surface area (Å²) in [5.41, 5.74) is 3.24. The van der Waals surface area contributed by atoms with Gasteiger partial charge >= 0.3 is 6.03 Å². The third kappa shape index (κ3) is 5.75. The number of methoxy groups -OCH3 is 1. The molecule has 160 valence electrons. The number of nitrogens with one attached hydrogen (secondary N) is 2. The number of fused-ring (bicyclic) bond motifs is 1. The Labute approximate surface area is 178 Å². The maximum Gasteiger partial charge on any atom is 0.321 e. The first-order valence-electron chi connectivity index (χ1n) is 10.7. The number of hydrogen-bond acceptors (Lipinski definition) is 3. The Kier molecular flexibility index (Phi) is 7.71. The predicted octanol–water partition coefficient (Wildman–Crippen LogP) is 4.52. The minimum Gasteiger partial charge on any atom is -0.497 e. The molecule has 2 N–H and O–H groups in total. The molecule has 1 unspecified atom stereocenters. The topological polar surface area (TPSA) is 70.7 Å². The number of benzene rings is 2. The Bertz CT molecular complexity index is 851. The fourth-order valence-corrected chi connectivity index (χ4v) is 3.87. The normalized spacial score (nSPS) is 15.1. The number of rotatable bonds is 8. The summed E-state index contributed by atoms with van der Waals surface area (Å²) in [6.45, 7) is 3.00. The molecule has 0 aliphatic heterocycles. The highest BCUT2D eigenvalue weighted by atomic mass is 16.5. The standard InChI is InChI=1S/C24H31N3O3/c1-3-16-27(24(29)25-19-11-13-20(30-2)14-12-19)17-15-23(28)26-22-10-6-8-18-7-4-5-9-21(18)22/h4-5,7,9,11-14,22H,3,6,8,10,15-17H2,1-2H3,(H,25,29)(H,26,28). The van der Waals surface area contributed by atoms with Gasteiger partial charge < -0.3 is 20.3 Å². The fourth-order valence-electron chi connectivity index (χ4n) is 3.87. The van der Waals surface area contributed by atoms with Crippen molar-refractivity contribution < 1.29 is 14.3 Å². The van der Waals surface area contributed by atoms with Crippen LogP contribution in [0.15, 0.2) is 48.5 Å². The monoisotopic (exact) mass is 409 g/mol. The van der Waals surface area contributed by atoms with Crippen LogP contribution in [0.25, 0.3) is 0 Å². The van der Waals surface area contributed by atoms with Gasteiger partial charge in [-0.3, -0.25) is 4.79 Å². The summed E-state index contributed by atoms with van der Waals surface area (Å²) in [4.78, 5) is 27.0. The van der Waals surface area contributed by atoms with E-state index in [1.54, 1.807) is 36.3 Å².